The molecule has 0 saturated carbocycles. The minimum Gasteiger partial charge on any atom is -0.354 e. The Kier molecular flexibility index (Phi) is 7.39. The maximum atomic E-state index is 11.5. The summed E-state index contributed by atoms with van der Waals surface area (Å²) in [7, 11) is 0. The molecular formula is C12H26N2O. The van der Waals surface area contributed by atoms with Crippen LogP contribution in [0.4, 0.5) is 0 Å². The van der Waals surface area contributed by atoms with Gasteiger partial charge in [-0.15, -0.1) is 0 Å². The second kappa shape index (κ2) is 7.69. The van der Waals surface area contributed by atoms with Gasteiger partial charge in [0.2, 0.25) is 5.91 Å². The van der Waals surface area contributed by atoms with Crippen molar-refractivity contribution < 1.29 is 4.79 Å². The first-order valence-electron chi connectivity index (χ1n) is 6.04. The molecular weight excluding hydrogens is 188 g/mol. The van der Waals surface area contributed by atoms with Crippen LogP contribution in [0.2, 0.25) is 0 Å². The van der Waals surface area contributed by atoms with Gasteiger partial charge < -0.3 is 10.6 Å². The highest BCUT2D eigenvalue weighted by Gasteiger charge is 2.12. The summed E-state index contributed by atoms with van der Waals surface area (Å²) in [5, 5.41) is 6.36. The molecule has 0 aromatic heterocycles. The van der Waals surface area contributed by atoms with E-state index in [1.165, 1.54) is 0 Å². The van der Waals surface area contributed by atoms with Crippen molar-refractivity contribution in [3.63, 3.8) is 0 Å². The fourth-order valence-corrected chi connectivity index (χ4v) is 1.64. The first-order chi connectivity index (χ1) is 6.99. The van der Waals surface area contributed by atoms with E-state index in [-0.39, 0.29) is 18.0 Å². The summed E-state index contributed by atoms with van der Waals surface area (Å²) in [6, 6.07) is 1.03. The second-order valence-corrected chi connectivity index (χ2v) is 4.51. The molecule has 0 radical (unpaired) electrons. The van der Waals surface area contributed by atoms with E-state index in [4.69, 9.17) is 0 Å². The minimum atomic E-state index is 0.135. The molecule has 1 amide bonds. The van der Waals surface area contributed by atoms with E-state index in [0.29, 0.717) is 12.5 Å². The molecule has 0 aromatic rings. The highest BCUT2D eigenvalue weighted by molar-refractivity contribution is 5.76. The van der Waals surface area contributed by atoms with E-state index in [9.17, 15) is 4.79 Å². The summed E-state index contributed by atoms with van der Waals surface area (Å²) < 4.78 is 0. The summed E-state index contributed by atoms with van der Waals surface area (Å²) in [5.74, 6) is 0.135. The Bertz CT molecular complexity index is 176. The van der Waals surface area contributed by atoms with Gasteiger partial charge in [-0.1, -0.05) is 13.8 Å². The fourth-order valence-electron chi connectivity index (χ4n) is 1.64. The average molecular weight is 214 g/mol. The molecule has 1 unspecified atom stereocenters. The molecule has 0 aliphatic carbocycles. The van der Waals surface area contributed by atoms with Gasteiger partial charge in [0.25, 0.3) is 0 Å². The van der Waals surface area contributed by atoms with Crippen LogP contribution in [0.15, 0.2) is 0 Å². The third-order valence-electron chi connectivity index (χ3n) is 2.45. The monoisotopic (exact) mass is 214 g/mol. The SMILES string of the molecule is CCC(CC)NC(C)CC(=O)NC(C)C. The van der Waals surface area contributed by atoms with Crippen molar-refractivity contribution in [3.8, 4) is 0 Å². The van der Waals surface area contributed by atoms with E-state index in [1.807, 2.05) is 13.8 Å². The average Bonchev–Trinajstić information content (AvgIpc) is 2.12. The molecule has 0 saturated heterocycles. The normalized spacial score (nSPS) is 13.3. The van der Waals surface area contributed by atoms with Crippen molar-refractivity contribution in [2.24, 2.45) is 0 Å². The molecule has 0 spiro atoms. The summed E-state index contributed by atoms with van der Waals surface area (Å²) in [4.78, 5) is 11.5. The Morgan fingerprint density at radius 1 is 1.13 bits per heavy atom. The largest absolute Gasteiger partial charge is 0.354 e. The molecule has 0 fully saturated rings. The molecule has 0 aliphatic rings. The Morgan fingerprint density at radius 2 is 1.67 bits per heavy atom. The Labute approximate surface area is 94.0 Å². The Hall–Kier alpha value is -0.570. The van der Waals surface area contributed by atoms with E-state index < -0.39 is 0 Å². The number of carbonyl (C=O) groups excluding carboxylic acids is 1. The summed E-state index contributed by atoms with van der Waals surface area (Å²) in [5.41, 5.74) is 0. The van der Waals surface area contributed by atoms with Crippen LogP contribution in [0.1, 0.15) is 53.9 Å². The summed E-state index contributed by atoms with van der Waals surface area (Å²) in [6.07, 6.45) is 2.80. The van der Waals surface area contributed by atoms with E-state index in [0.717, 1.165) is 12.8 Å². The number of rotatable bonds is 7. The number of nitrogens with one attached hydrogen (secondary N) is 2. The highest BCUT2D eigenvalue weighted by Crippen LogP contribution is 2.00. The maximum absolute atomic E-state index is 11.5. The predicted octanol–water partition coefficient (Wildman–Crippen LogP) is 2.07. The standard InChI is InChI=1S/C12H26N2O/c1-6-11(7-2)14-10(5)8-12(15)13-9(3)4/h9-11,14H,6-8H2,1-5H3,(H,13,15). The first kappa shape index (κ1) is 14.4. The van der Waals surface area contributed by atoms with Gasteiger partial charge in [0.1, 0.15) is 0 Å². The summed E-state index contributed by atoms with van der Waals surface area (Å²) in [6.45, 7) is 10.4. The van der Waals surface area contributed by atoms with Crippen LogP contribution in [0.25, 0.3) is 0 Å². The van der Waals surface area contributed by atoms with Gasteiger partial charge in [-0.25, -0.2) is 0 Å². The molecule has 2 N–H and O–H groups in total. The molecule has 0 aromatic carbocycles. The zero-order chi connectivity index (χ0) is 11.8. The first-order valence-corrected chi connectivity index (χ1v) is 6.04. The van der Waals surface area contributed by atoms with Crippen LogP contribution < -0.4 is 10.6 Å². The highest BCUT2D eigenvalue weighted by atomic mass is 16.1. The van der Waals surface area contributed by atoms with Crippen LogP contribution in [0.5, 0.6) is 0 Å². The molecule has 0 rings (SSSR count). The Balaban J connectivity index is 3.81. The van der Waals surface area contributed by atoms with Gasteiger partial charge in [0, 0.05) is 24.5 Å². The minimum absolute atomic E-state index is 0.135. The smallest absolute Gasteiger partial charge is 0.221 e. The zero-order valence-electron chi connectivity index (χ0n) is 10.8. The van der Waals surface area contributed by atoms with Crippen LogP contribution in [-0.4, -0.2) is 24.0 Å². The van der Waals surface area contributed by atoms with Gasteiger partial charge in [0.05, 0.1) is 0 Å². The van der Waals surface area contributed by atoms with E-state index in [2.05, 4.69) is 31.4 Å². The van der Waals surface area contributed by atoms with Crippen molar-refractivity contribution in [3.05, 3.63) is 0 Å². The third kappa shape index (κ3) is 7.37. The maximum Gasteiger partial charge on any atom is 0.221 e. The number of hydrogen-bond acceptors (Lipinski definition) is 2. The molecule has 0 aliphatic heterocycles. The van der Waals surface area contributed by atoms with Gasteiger partial charge in [-0.2, -0.15) is 0 Å². The number of amides is 1. The van der Waals surface area contributed by atoms with E-state index in [1.54, 1.807) is 0 Å². The number of carbonyl (C=O) groups is 1. The Morgan fingerprint density at radius 3 is 2.07 bits per heavy atom. The zero-order valence-corrected chi connectivity index (χ0v) is 10.8. The molecule has 90 valence electrons. The van der Waals surface area contributed by atoms with Crippen LogP contribution in [0, 0.1) is 0 Å². The lowest BCUT2D eigenvalue weighted by atomic mass is 10.1. The fraction of sp³-hybridized carbons (Fsp3) is 0.917. The van der Waals surface area contributed by atoms with E-state index >= 15 is 0 Å². The lowest BCUT2D eigenvalue weighted by Crippen LogP contribution is -2.40. The summed E-state index contributed by atoms with van der Waals surface area (Å²) >= 11 is 0. The molecule has 15 heavy (non-hydrogen) atoms. The number of hydrogen-bond donors (Lipinski definition) is 2. The molecule has 1 atom stereocenters. The topological polar surface area (TPSA) is 41.1 Å². The predicted molar refractivity (Wildman–Crippen MR) is 64.9 cm³/mol. The second-order valence-electron chi connectivity index (χ2n) is 4.51. The third-order valence-corrected chi connectivity index (χ3v) is 2.45. The lowest BCUT2D eigenvalue weighted by molar-refractivity contribution is -0.122. The van der Waals surface area contributed by atoms with Crippen molar-refractivity contribution in [2.75, 3.05) is 0 Å². The van der Waals surface area contributed by atoms with Crippen molar-refractivity contribution >= 4 is 5.91 Å². The quantitative estimate of drug-likeness (QED) is 0.681. The van der Waals surface area contributed by atoms with Crippen LogP contribution in [-0.2, 0) is 4.79 Å². The van der Waals surface area contributed by atoms with Crippen LogP contribution in [0.3, 0.4) is 0 Å². The van der Waals surface area contributed by atoms with Gasteiger partial charge in [0.15, 0.2) is 0 Å². The van der Waals surface area contributed by atoms with Crippen molar-refractivity contribution in [2.45, 2.75) is 72.0 Å². The van der Waals surface area contributed by atoms with Crippen molar-refractivity contribution in [1.82, 2.24) is 10.6 Å². The molecule has 3 nitrogen and oxygen atoms in total. The van der Waals surface area contributed by atoms with Crippen molar-refractivity contribution in [1.29, 1.82) is 0 Å². The molecule has 0 heterocycles. The van der Waals surface area contributed by atoms with Gasteiger partial charge in [-0.3, -0.25) is 4.79 Å². The van der Waals surface area contributed by atoms with Crippen LogP contribution >= 0.6 is 0 Å². The lowest BCUT2D eigenvalue weighted by Gasteiger charge is -2.21. The van der Waals surface area contributed by atoms with Gasteiger partial charge >= 0.3 is 0 Å². The van der Waals surface area contributed by atoms with Gasteiger partial charge in [-0.05, 0) is 33.6 Å². The molecule has 0 bridgehead atoms. The molecule has 3 heteroatoms.